The summed E-state index contributed by atoms with van der Waals surface area (Å²) in [6.45, 7) is 0. The Morgan fingerprint density at radius 2 is 1.03 bits per heavy atom. The maximum absolute atomic E-state index is 4.08. The maximum Gasteiger partial charge on any atom is 0.0256 e. The Labute approximate surface area is 206 Å². The van der Waals surface area contributed by atoms with Crippen LogP contribution in [0.5, 0.6) is 0 Å². The Balaban J connectivity index is 1.11. The van der Waals surface area contributed by atoms with Crippen molar-refractivity contribution in [2.75, 3.05) is 0 Å². The summed E-state index contributed by atoms with van der Waals surface area (Å²) in [6.07, 6.45) is 15.1. The van der Waals surface area contributed by atoms with Gasteiger partial charge < -0.3 is 0 Å². The van der Waals surface area contributed by atoms with Crippen molar-refractivity contribution < 1.29 is 0 Å². The first-order chi connectivity index (χ1) is 16.1. The summed E-state index contributed by atoms with van der Waals surface area (Å²) in [4.78, 5) is 0. The van der Waals surface area contributed by atoms with Crippen LogP contribution in [-0.4, -0.2) is 0 Å². The summed E-state index contributed by atoms with van der Waals surface area (Å²) in [5.41, 5.74) is 11.5. The van der Waals surface area contributed by atoms with Crippen LogP contribution in [0.25, 0.3) is 11.1 Å². The van der Waals surface area contributed by atoms with Gasteiger partial charge in [0.05, 0.1) is 0 Å². The van der Waals surface area contributed by atoms with E-state index in [9.17, 15) is 0 Å². The first-order valence-corrected chi connectivity index (χ1v) is 14.9. The third-order valence-electron chi connectivity index (χ3n) is 13.5. The number of rotatable bonds is 1. The van der Waals surface area contributed by atoms with Gasteiger partial charge in [0.15, 0.2) is 0 Å². The van der Waals surface area contributed by atoms with Gasteiger partial charge in [-0.3, -0.25) is 0 Å². The summed E-state index contributed by atoms with van der Waals surface area (Å²) >= 11 is 4.08. The molecule has 2 spiro atoms. The Morgan fingerprint density at radius 1 is 0.545 bits per heavy atom. The molecular weight excluding hydrogens is 464 g/mol. The molecule has 33 heavy (non-hydrogen) atoms. The number of hydrogen-bond donors (Lipinski definition) is 0. The zero-order valence-electron chi connectivity index (χ0n) is 19.5. The lowest BCUT2D eigenvalue weighted by Crippen LogP contribution is -2.41. The summed E-state index contributed by atoms with van der Waals surface area (Å²) in [6, 6.07) is 13.0. The molecule has 10 unspecified atom stereocenters. The number of benzene rings is 2. The first kappa shape index (κ1) is 18.2. The maximum atomic E-state index is 4.08. The normalized spacial score (nSPS) is 50.2. The van der Waals surface area contributed by atoms with E-state index in [2.05, 4.69) is 46.3 Å². The molecule has 168 valence electrons. The van der Waals surface area contributed by atoms with Crippen LogP contribution >= 0.6 is 15.9 Å². The highest BCUT2D eigenvalue weighted by atomic mass is 79.9. The number of hydrogen-bond acceptors (Lipinski definition) is 0. The molecule has 10 atom stereocenters. The molecule has 0 N–H and O–H groups in total. The van der Waals surface area contributed by atoms with E-state index in [0.29, 0.717) is 0 Å². The fourth-order valence-electron chi connectivity index (χ4n) is 12.3. The van der Waals surface area contributed by atoms with Gasteiger partial charge in [0.25, 0.3) is 0 Å². The monoisotopic (exact) mass is 496 g/mol. The van der Waals surface area contributed by atoms with Crippen molar-refractivity contribution in [2.24, 2.45) is 34.5 Å². The van der Waals surface area contributed by atoms with Gasteiger partial charge in [-0.25, -0.2) is 0 Å². The van der Waals surface area contributed by atoms with Crippen molar-refractivity contribution >= 4 is 15.9 Å². The zero-order valence-corrected chi connectivity index (χ0v) is 21.0. The van der Waals surface area contributed by atoms with Gasteiger partial charge >= 0.3 is 0 Å². The molecule has 8 aliphatic rings. The van der Waals surface area contributed by atoms with Crippen molar-refractivity contribution in [2.45, 2.75) is 87.9 Å². The minimum Gasteiger partial charge on any atom is -0.0579 e. The van der Waals surface area contributed by atoms with Crippen LogP contribution in [0.1, 0.15) is 110 Å². The van der Waals surface area contributed by atoms with Gasteiger partial charge in [-0.1, -0.05) is 34.1 Å². The second kappa shape index (κ2) is 5.50. The topological polar surface area (TPSA) is 0 Å². The van der Waals surface area contributed by atoms with Crippen LogP contribution in [0.3, 0.4) is 0 Å². The van der Waals surface area contributed by atoms with Crippen molar-refractivity contribution in [1.82, 2.24) is 0 Å². The molecule has 6 saturated carbocycles. The minimum absolute atomic E-state index is 0.753. The van der Waals surface area contributed by atoms with E-state index in [1.54, 1.807) is 35.1 Å². The molecule has 2 aromatic carbocycles. The van der Waals surface area contributed by atoms with E-state index in [4.69, 9.17) is 0 Å². The summed E-state index contributed by atoms with van der Waals surface area (Å²) in [5.74, 6) is 7.63. The average Bonchev–Trinajstić information content (AvgIpc) is 3.43. The van der Waals surface area contributed by atoms with Gasteiger partial charge in [0, 0.05) is 4.47 Å². The summed E-state index contributed by atoms with van der Waals surface area (Å²) in [7, 11) is 0. The number of halogens is 1. The SMILES string of the molecule is Brc1cc2c(cc1-c1ccc3c(c1)C1CC4CC5CC3CC54C1)C1CC3CC4CC2CC43C1. The minimum atomic E-state index is 0.753. The predicted molar refractivity (Wildman–Crippen MR) is 136 cm³/mol. The van der Waals surface area contributed by atoms with E-state index in [1.807, 2.05) is 0 Å². The van der Waals surface area contributed by atoms with Crippen molar-refractivity contribution in [3.8, 4) is 11.1 Å². The highest BCUT2D eigenvalue weighted by Crippen LogP contribution is 2.77. The molecule has 0 radical (unpaired) electrons. The lowest BCUT2D eigenvalue weighted by molar-refractivity contribution is 0.00321. The van der Waals surface area contributed by atoms with Crippen LogP contribution in [-0.2, 0) is 0 Å². The predicted octanol–water partition coefficient (Wildman–Crippen LogP) is 8.90. The van der Waals surface area contributed by atoms with E-state index in [-0.39, 0.29) is 0 Å². The third kappa shape index (κ3) is 1.92. The van der Waals surface area contributed by atoms with Gasteiger partial charge in [0.2, 0.25) is 0 Å². The van der Waals surface area contributed by atoms with Crippen molar-refractivity contribution in [3.05, 3.63) is 57.1 Å². The molecule has 10 rings (SSSR count). The van der Waals surface area contributed by atoms with E-state index >= 15 is 0 Å². The van der Waals surface area contributed by atoms with Gasteiger partial charge in [-0.05, 0) is 168 Å². The molecule has 0 heterocycles. The van der Waals surface area contributed by atoms with Crippen LogP contribution in [0.15, 0.2) is 34.8 Å². The van der Waals surface area contributed by atoms with Crippen LogP contribution in [0.4, 0.5) is 0 Å². The molecule has 6 bridgehead atoms. The average molecular weight is 498 g/mol. The highest BCUT2D eigenvalue weighted by Gasteiger charge is 2.66. The highest BCUT2D eigenvalue weighted by molar-refractivity contribution is 9.10. The largest absolute Gasteiger partial charge is 0.0579 e. The lowest BCUT2D eigenvalue weighted by Gasteiger charge is -2.48. The molecule has 0 amide bonds. The molecule has 0 nitrogen and oxygen atoms in total. The molecule has 6 fully saturated rings. The Kier molecular flexibility index (Phi) is 3.04. The van der Waals surface area contributed by atoms with Crippen LogP contribution in [0, 0.1) is 34.5 Å². The quantitative estimate of drug-likeness (QED) is 0.369. The Bertz CT molecular complexity index is 1270. The fourth-order valence-corrected chi connectivity index (χ4v) is 12.9. The lowest BCUT2D eigenvalue weighted by atomic mass is 9.56. The standard InChI is InChI=1S/C32H33Br/c33-30-11-28-20-6-24-9-23-5-19(14-32(23,24)15-20)27(28)10-29(30)16-1-2-25-17-3-21-8-22-4-18(26(25)7-16)13-31(21,22)12-17/h1-2,7,10-11,17-24H,3-6,8-9,12-15H2. The zero-order chi connectivity index (χ0) is 21.3. The van der Waals surface area contributed by atoms with Gasteiger partial charge in [-0.15, -0.1) is 0 Å². The first-order valence-electron chi connectivity index (χ1n) is 14.1. The third-order valence-corrected chi connectivity index (χ3v) is 14.2. The van der Waals surface area contributed by atoms with Gasteiger partial charge in [-0.2, -0.15) is 0 Å². The Morgan fingerprint density at radius 3 is 1.61 bits per heavy atom. The summed E-state index contributed by atoms with van der Waals surface area (Å²) < 4.78 is 1.35. The second-order valence-electron chi connectivity index (χ2n) is 14.1. The van der Waals surface area contributed by atoms with Crippen molar-refractivity contribution in [3.63, 3.8) is 0 Å². The number of fused-ring (bicyclic) bond motifs is 10. The summed E-state index contributed by atoms with van der Waals surface area (Å²) in [5, 5.41) is 0. The van der Waals surface area contributed by atoms with Crippen LogP contribution < -0.4 is 0 Å². The van der Waals surface area contributed by atoms with Crippen molar-refractivity contribution in [1.29, 1.82) is 0 Å². The van der Waals surface area contributed by atoms with Gasteiger partial charge in [0.1, 0.15) is 0 Å². The van der Waals surface area contributed by atoms with E-state index < -0.39 is 0 Å². The molecule has 2 aromatic rings. The molecule has 0 aromatic heterocycles. The second-order valence-corrected chi connectivity index (χ2v) is 14.9. The smallest absolute Gasteiger partial charge is 0.0256 e. The molecule has 0 aliphatic heterocycles. The molecular formula is C32H33Br. The molecule has 0 saturated heterocycles. The molecule has 1 heteroatoms. The van der Waals surface area contributed by atoms with E-state index in [0.717, 1.165) is 58.2 Å². The van der Waals surface area contributed by atoms with E-state index in [1.165, 1.54) is 67.0 Å². The van der Waals surface area contributed by atoms with Crippen LogP contribution in [0.2, 0.25) is 0 Å². The Hall–Kier alpha value is -1.08. The fraction of sp³-hybridized carbons (Fsp3) is 0.625. The molecule has 8 aliphatic carbocycles.